The number of aliphatic hydroxyl groups excluding tert-OH is 1. The van der Waals surface area contributed by atoms with E-state index in [0.717, 1.165) is 0 Å². The molecule has 0 saturated heterocycles. The zero-order valence-corrected chi connectivity index (χ0v) is 5.53. The van der Waals surface area contributed by atoms with Crippen LogP contribution in [-0.4, -0.2) is 28.9 Å². The summed E-state index contributed by atoms with van der Waals surface area (Å²) in [7, 11) is 0. The van der Waals surface area contributed by atoms with Gasteiger partial charge in [-0.05, 0) is 13.8 Å². The highest BCUT2D eigenvalue weighted by Crippen LogP contribution is 1.88. The minimum Gasteiger partial charge on any atom is -0.477 e. The maximum absolute atomic E-state index is 8.73. The number of oxime groups is 1. The van der Waals surface area contributed by atoms with Crippen molar-refractivity contribution in [3.05, 3.63) is 0 Å². The summed E-state index contributed by atoms with van der Waals surface area (Å²) in [6.45, 7) is 3.60. The zero-order chi connectivity index (χ0) is 7.28. The van der Waals surface area contributed by atoms with Crippen LogP contribution in [0.2, 0.25) is 0 Å². The summed E-state index contributed by atoms with van der Waals surface area (Å²) in [5, 5.41) is 19.6. The van der Waals surface area contributed by atoms with Crippen LogP contribution in [0, 0.1) is 0 Å². The molecule has 0 heterocycles. The van der Waals surface area contributed by atoms with E-state index in [9.17, 15) is 0 Å². The summed E-state index contributed by atoms with van der Waals surface area (Å²) >= 11 is 0. The topological polar surface area (TPSA) is 62.0 Å². The largest absolute Gasteiger partial charge is 0.477 e. The van der Waals surface area contributed by atoms with Crippen molar-refractivity contribution in [1.29, 1.82) is 0 Å². The van der Waals surface area contributed by atoms with Gasteiger partial charge in [0.15, 0.2) is 0 Å². The Labute approximate surface area is 53.8 Å². The SMILES string of the molecule is CCO/C(=N/O)C(C)O. The molecule has 0 rings (SSSR count). The first-order valence-electron chi connectivity index (χ1n) is 2.75. The molecule has 0 aromatic rings. The van der Waals surface area contributed by atoms with Gasteiger partial charge >= 0.3 is 0 Å². The van der Waals surface area contributed by atoms with Crippen molar-refractivity contribution in [2.75, 3.05) is 6.61 Å². The first kappa shape index (κ1) is 8.23. The lowest BCUT2D eigenvalue weighted by molar-refractivity contribution is 0.183. The Hall–Kier alpha value is -0.770. The van der Waals surface area contributed by atoms with E-state index in [2.05, 4.69) is 5.16 Å². The van der Waals surface area contributed by atoms with Crippen molar-refractivity contribution in [2.24, 2.45) is 5.16 Å². The van der Waals surface area contributed by atoms with Crippen molar-refractivity contribution < 1.29 is 15.1 Å². The first-order valence-corrected chi connectivity index (χ1v) is 2.75. The summed E-state index contributed by atoms with van der Waals surface area (Å²) in [6.07, 6.45) is -0.838. The molecule has 0 bridgehead atoms. The van der Waals surface area contributed by atoms with Gasteiger partial charge in [0.2, 0.25) is 0 Å². The molecule has 0 aromatic heterocycles. The second-order valence-corrected chi connectivity index (χ2v) is 1.55. The molecule has 9 heavy (non-hydrogen) atoms. The third-order valence-corrected chi connectivity index (χ3v) is 0.748. The van der Waals surface area contributed by atoms with Gasteiger partial charge in [0.1, 0.15) is 6.10 Å². The number of ether oxygens (including phenoxy) is 1. The Balaban J connectivity index is 3.70. The van der Waals surface area contributed by atoms with Gasteiger partial charge in [-0.1, -0.05) is 5.16 Å². The Kier molecular flexibility index (Phi) is 3.79. The van der Waals surface area contributed by atoms with E-state index in [-0.39, 0.29) is 5.90 Å². The van der Waals surface area contributed by atoms with Crippen molar-refractivity contribution >= 4 is 5.90 Å². The van der Waals surface area contributed by atoms with Gasteiger partial charge in [0.25, 0.3) is 5.90 Å². The minimum atomic E-state index is -0.838. The van der Waals surface area contributed by atoms with Gasteiger partial charge < -0.3 is 15.1 Å². The molecule has 0 aliphatic carbocycles. The van der Waals surface area contributed by atoms with Crippen LogP contribution in [0.4, 0.5) is 0 Å². The Bertz CT molecular complexity index is 100. The molecular formula is C5H11NO3. The highest BCUT2D eigenvalue weighted by atomic mass is 16.5. The van der Waals surface area contributed by atoms with Crippen LogP contribution < -0.4 is 0 Å². The minimum absolute atomic E-state index is 0.0440. The highest BCUT2D eigenvalue weighted by Gasteiger charge is 2.06. The van der Waals surface area contributed by atoms with Gasteiger partial charge in [-0.2, -0.15) is 0 Å². The smallest absolute Gasteiger partial charge is 0.254 e. The van der Waals surface area contributed by atoms with E-state index < -0.39 is 6.10 Å². The molecule has 0 saturated carbocycles. The van der Waals surface area contributed by atoms with E-state index in [4.69, 9.17) is 15.1 Å². The summed E-state index contributed by atoms with van der Waals surface area (Å²) in [5.74, 6) is -0.0440. The van der Waals surface area contributed by atoms with Gasteiger partial charge in [0.05, 0.1) is 6.61 Å². The third kappa shape index (κ3) is 2.92. The molecule has 0 spiro atoms. The average molecular weight is 133 g/mol. The molecule has 4 nitrogen and oxygen atoms in total. The lowest BCUT2D eigenvalue weighted by atomic mass is 10.4. The number of aliphatic hydroxyl groups is 1. The van der Waals surface area contributed by atoms with E-state index in [1.165, 1.54) is 6.92 Å². The Morgan fingerprint density at radius 1 is 1.78 bits per heavy atom. The predicted molar refractivity (Wildman–Crippen MR) is 32.5 cm³/mol. The highest BCUT2D eigenvalue weighted by molar-refractivity contribution is 5.79. The summed E-state index contributed by atoms with van der Waals surface area (Å²) in [4.78, 5) is 0. The molecule has 54 valence electrons. The zero-order valence-electron chi connectivity index (χ0n) is 5.53. The molecule has 0 amide bonds. The lowest BCUT2D eigenvalue weighted by Gasteiger charge is -2.05. The molecule has 0 radical (unpaired) electrons. The van der Waals surface area contributed by atoms with E-state index in [1.807, 2.05) is 0 Å². The summed E-state index contributed by atoms with van der Waals surface area (Å²) < 4.78 is 4.70. The monoisotopic (exact) mass is 133 g/mol. The fourth-order valence-corrected chi connectivity index (χ4v) is 0.381. The Morgan fingerprint density at radius 2 is 2.33 bits per heavy atom. The second kappa shape index (κ2) is 4.14. The van der Waals surface area contributed by atoms with Crippen molar-refractivity contribution in [3.63, 3.8) is 0 Å². The van der Waals surface area contributed by atoms with E-state index >= 15 is 0 Å². The lowest BCUT2D eigenvalue weighted by Crippen LogP contribution is -2.19. The molecule has 0 aliphatic heterocycles. The van der Waals surface area contributed by atoms with Crippen LogP contribution in [0.25, 0.3) is 0 Å². The third-order valence-electron chi connectivity index (χ3n) is 0.748. The number of rotatable bonds is 2. The van der Waals surface area contributed by atoms with Gasteiger partial charge in [0, 0.05) is 0 Å². The molecule has 0 aliphatic rings. The van der Waals surface area contributed by atoms with Crippen LogP contribution in [0.5, 0.6) is 0 Å². The quantitative estimate of drug-likeness (QED) is 0.244. The van der Waals surface area contributed by atoms with E-state index in [1.54, 1.807) is 6.92 Å². The molecule has 1 atom stereocenters. The Morgan fingerprint density at radius 3 is 2.44 bits per heavy atom. The second-order valence-electron chi connectivity index (χ2n) is 1.55. The van der Waals surface area contributed by atoms with Crippen LogP contribution in [0.3, 0.4) is 0 Å². The normalized spacial score (nSPS) is 15.2. The van der Waals surface area contributed by atoms with Crippen LogP contribution >= 0.6 is 0 Å². The van der Waals surface area contributed by atoms with Crippen molar-refractivity contribution in [2.45, 2.75) is 20.0 Å². The number of hydrogen-bond donors (Lipinski definition) is 2. The fourth-order valence-electron chi connectivity index (χ4n) is 0.381. The molecular weight excluding hydrogens is 122 g/mol. The maximum Gasteiger partial charge on any atom is 0.254 e. The van der Waals surface area contributed by atoms with Gasteiger partial charge in [-0.25, -0.2) is 0 Å². The molecule has 0 aromatic carbocycles. The van der Waals surface area contributed by atoms with Crippen LogP contribution in [0.1, 0.15) is 13.8 Å². The predicted octanol–water partition coefficient (Wildman–Crippen LogP) is 0.191. The molecule has 2 N–H and O–H groups in total. The average Bonchev–Trinajstić information content (AvgIpc) is 1.82. The van der Waals surface area contributed by atoms with Crippen molar-refractivity contribution in [1.82, 2.24) is 0 Å². The van der Waals surface area contributed by atoms with Gasteiger partial charge in [-0.3, -0.25) is 0 Å². The summed E-state index contributed by atoms with van der Waals surface area (Å²) in [5.41, 5.74) is 0. The number of nitrogens with zero attached hydrogens (tertiary/aromatic N) is 1. The standard InChI is InChI=1S/C5H11NO3/c1-3-9-5(6-8)4(2)7/h4,7-8H,3H2,1-2H3/b6-5+. The van der Waals surface area contributed by atoms with Crippen LogP contribution in [-0.2, 0) is 4.74 Å². The first-order chi connectivity index (χ1) is 4.22. The number of hydrogen-bond acceptors (Lipinski definition) is 4. The van der Waals surface area contributed by atoms with E-state index in [0.29, 0.717) is 6.61 Å². The molecule has 0 fully saturated rings. The van der Waals surface area contributed by atoms with Crippen LogP contribution in [0.15, 0.2) is 5.16 Å². The van der Waals surface area contributed by atoms with Crippen molar-refractivity contribution in [3.8, 4) is 0 Å². The fraction of sp³-hybridized carbons (Fsp3) is 0.800. The van der Waals surface area contributed by atoms with Gasteiger partial charge in [-0.15, -0.1) is 0 Å². The molecule has 4 heteroatoms. The maximum atomic E-state index is 8.73. The summed E-state index contributed by atoms with van der Waals surface area (Å²) in [6, 6.07) is 0. The molecule has 1 unspecified atom stereocenters.